The topological polar surface area (TPSA) is 114 Å². The molecule has 5 rings (SSSR count). The molecule has 5 aromatic rings. The molecule has 0 saturated carbocycles. The highest BCUT2D eigenvalue weighted by Gasteiger charge is 2.15. The van der Waals surface area contributed by atoms with E-state index in [0.29, 0.717) is 29.4 Å². The molecule has 1 heterocycles. The number of aromatic nitrogens is 1. The number of phenolic OH excluding ortho intramolecular Hbond substituents is 1. The van der Waals surface area contributed by atoms with Gasteiger partial charge in [0.15, 0.2) is 0 Å². The summed E-state index contributed by atoms with van der Waals surface area (Å²) in [6.45, 7) is 0.536. The number of hydrogen-bond donors (Lipinski definition) is 5. The summed E-state index contributed by atoms with van der Waals surface area (Å²) in [5, 5.41) is 27.5. The van der Waals surface area contributed by atoms with Gasteiger partial charge >= 0.3 is 6.03 Å². The number of hydrogen-bond acceptors (Lipinski definition) is 4. The lowest BCUT2D eigenvalue weighted by molar-refractivity contribution is 0.165. The summed E-state index contributed by atoms with van der Waals surface area (Å²) in [7, 11) is 0. The summed E-state index contributed by atoms with van der Waals surface area (Å²) >= 11 is 0. The molecular formula is C36H37N3O4. The van der Waals surface area contributed by atoms with Gasteiger partial charge in [-0.1, -0.05) is 85.3 Å². The third kappa shape index (κ3) is 7.90. The second kappa shape index (κ2) is 14.3. The largest absolute Gasteiger partial charge is 0.506 e. The molecule has 220 valence electrons. The van der Waals surface area contributed by atoms with Crippen molar-refractivity contribution in [3.8, 4) is 5.75 Å². The van der Waals surface area contributed by atoms with E-state index >= 15 is 0 Å². The van der Waals surface area contributed by atoms with Crippen LogP contribution in [0.5, 0.6) is 5.75 Å². The van der Waals surface area contributed by atoms with Gasteiger partial charge in [0.2, 0.25) is 5.56 Å². The van der Waals surface area contributed by atoms with Gasteiger partial charge in [-0.25, -0.2) is 4.79 Å². The minimum Gasteiger partial charge on any atom is -0.506 e. The number of benzene rings is 4. The number of anilines is 1. The standard InChI is InChI=1S/C36H37N3O4/c40-32(30-18-20-33(41)35-31(30)19-21-34(42)39-35)17-8-7-10-25-11-9-16-28(24-25)38-36(43)37-23-22-29(26-12-3-1-4-13-26)27-14-5-2-6-15-27/h1-6,9,11-16,18-21,24,29,32,40-41H,7-8,10,17,22-23H2,(H,39,42)(H2,37,38,43). The van der Waals surface area contributed by atoms with Gasteiger partial charge in [-0.3, -0.25) is 4.79 Å². The molecule has 0 fully saturated rings. The number of carbonyl (C=O) groups is 1. The first kappa shape index (κ1) is 29.6. The highest BCUT2D eigenvalue weighted by atomic mass is 16.3. The fourth-order valence-electron chi connectivity index (χ4n) is 5.58. The number of aliphatic hydroxyl groups is 1. The van der Waals surface area contributed by atoms with E-state index in [1.165, 1.54) is 23.3 Å². The Balaban J connectivity index is 1.09. The Bertz CT molecular complexity index is 1660. The molecule has 0 radical (unpaired) electrons. The lowest BCUT2D eigenvalue weighted by Crippen LogP contribution is -2.30. The number of fused-ring (bicyclic) bond motifs is 1. The monoisotopic (exact) mass is 575 g/mol. The SMILES string of the molecule is O=C(NCCC(c1ccccc1)c1ccccc1)Nc1cccc(CCCCC(O)c2ccc(O)c3[nH]c(=O)ccc23)c1. The smallest absolute Gasteiger partial charge is 0.319 e. The van der Waals surface area contributed by atoms with Crippen LogP contribution in [0.4, 0.5) is 10.5 Å². The van der Waals surface area contributed by atoms with E-state index in [4.69, 9.17) is 0 Å². The number of phenols is 1. The molecule has 43 heavy (non-hydrogen) atoms. The van der Waals surface area contributed by atoms with E-state index in [1.807, 2.05) is 60.7 Å². The van der Waals surface area contributed by atoms with Crippen molar-refractivity contribution >= 4 is 22.6 Å². The minimum atomic E-state index is -0.714. The molecule has 1 unspecified atom stereocenters. The molecule has 0 saturated heterocycles. The molecule has 7 nitrogen and oxygen atoms in total. The number of aliphatic hydroxyl groups excluding tert-OH is 1. The number of H-pyrrole nitrogens is 1. The number of unbranched alkanes of at least 4 members (excludes halogenated alkanes) is 1. The summed E-state index contributed by atoms with van der Waals surface area (Å²) in [6.07, 6.45) is 3.07. The third-order valence-corrected chi connectivity index (χ3v) is 7.77. The zero-order chi connectivity index (χ0) is 30.0. The van der Waals surface area contributed by atoms with Gasteiger partial charge in [-0.05, 0) is 72.2 Å². The number of aromatic amines is 1. The van der Waals surface area contributed by atoms with Crippen LogP contribution in [-0.2, 0) is 6.42 Å². The van der Waals surface area contributed by atoms with Crippen LogP contribution < -0.4 is 16.2 Å². The molecule has 0 aliphatic rings. The normalized spacial score (nSPS) is 11.9. The second-order valence-corrected chi connectivity index (χ2v) is 10.8. The zero-order valence-electron chi connectivity index (χ0n) is 24.0. The number of pyridine rings is 1. The number of rotatable bonds is 12. The molecule has 7 heteroatoms. The molecule has 4 aromatic carbocycles. The maximum absolute atomic E-state index is 12.7. The van der Waals surface area contributed by atoms with Gasteiger partial charge in [0, 0.05) is 29.6 Å². The van der Waals surface area contributed by atoms with Crippen molar-refractivity contribution in [2.45, 2.75) is 44.1 Å². The Morgan fingerprint density at radius 1 is 0.791 bits per heavy atom. The van der Waals surface area contributed by atoms with Gasteiger partial charge in [-0.15, -0.1) is 0 Å². The van der Waals surface area contributed by atoms with Crippen LogP contribution >= 0.6 is 0 Å². The Hall–Kier alpha value is -4.88. The summed E-state index contributed by atoms with van der Waals surface area (Å²) in [6, 6.07) is 34.5. The summed E-state index contributed by atoms with van der Waals surface area (Å²) in [4.78, 5) is 27.0. The molecule has 0 bridgehead atoms. The van der Waals surface area contributed by atoms with Crippen molar-refractivity contribution in [2.75, 3.05) is 11.9 Å². The van der Waals surface area contributed by atoms with Crippen LogP contribution in [-0.4, -0.2) is 27.8 Å². The fraction of sp³-hybridized carbons (Fsp3) is 0.222. The summed E-state index contributed by atoms with van der Waals surface area (Å²) in [5.41, 5.74) is 5.01. The molecule has 0 spiro atoms. The molecule has 5 N–H and O–H groups in total. The number of aryl methyl sites for hydroxylation is 1. The van der Waals surface area contributed by atoms with Gasteiger partial charge in [-0.2, -0.15) is 0 Å². The Morgan fingerprint density at radius 2 is 1.51 bits per heavy atom. The molecule has 1 aromatic heterocycles. The van der Waals surface area contributed by atoms with Crippen molar-refractivity contribution < 1.29 is 15.0 Å². The first-order valence-electron chi connectivity index (χ1n) is 14.7. The number of carbonyl (C=O) groups excluding carboxylic acids is 1. The molecule has 0 aliphatic heterocycles. The Morgan fingerprint density at radius 3 is 2.23 bits per heavy atom. The van der Waals surface area contributed by atoms with Crippen LogP contribution in [0, 0.1) is 0 Å². The van der Waals surface area contributed by atoms with Crippen LogP contribution in [0.1, 0.15) is 60.0 Å². The third-order valence-electron chi connectivity index (χ3n) is 7.77. The van der Waals surface area contributed by atoms with E-state index in [2.05, 4.69) is 39.9 Å². The quantitative estimate of drug-likeness (QED) is 0.103. The zero-order valence-corrected chi connectivity index (χ0v) is 24.0. The average Bonchev–Trinajstić information content (AvgIpc) is 3.03. The van der Waals surface area contributed by atoms with Crippen LogP contribution in [0.3, 0.4) is 0 Å². The van der Waals surface area contributed by atoms with E-state index in [9.17, 15) is 19.8 Å². The first-order valence-corrected chi connectivity index (χ1v) is 14.7. The summed E-state index contributed by atoms with van der Waals surface area (Å²) < 4.78 is 0. The fourth-order valence-corrected chi connectivity index (χ4v) is 5.58. The van der Waals surface area contributed by atoms with Crippen molar-refractivity contribution in [1.29, 1.82) is 0 Å². The van der Waals surface area contributed by atoms with Crippen LogP contribution in [0.2, 0.25) is 0 Å². The molecule has 0 aliphatic carbocycles. The molecule has 1 atom stereocenters. The van der Waals surface area contributed by atoms with Crippen LogP contribution in [0.25, 0.3) is 10.9 Å². The Kier molecular flexibility index (Phi) is 9.87. The lowest BCUT2D eigenvalue weighted by atomic mass is 9.88. The maximum Gasteiger partial charge on any atom is 0.319 e. The number of urea groups is 1. The molecular weight excluding hydrogens is 538 g/mol. The number of aromatic hydroxyl groups is 1. The Labute approximate surface area is 251 Å². The van der Waals surface area contributed by atoms with Gasteiger partial charge in [0.25, 0.3) is 0 Å². The van der Waals surface area contributed by atoms with E-state index < -0.39 is 6.10 Å². The van der Waals surface area contributed by atoms with Crippen molar-refractivity contribution in [2.24, 2.45) is 0 Å². The van der Waals surface area contributed by atoms with Crippen molar-refractivity contribution in [3.05, 3.63) is 142 Å². The second-order valence-electron chi connectivity index (χ2n) is 10.8. The minimum absolute atomic E-state index is 0.0191. The van der Waals surface area contributed by atoms with Gasteiger partial charge in [0.1, 0.15) is 5.75 Å². The van der Waals surface area contributed by atoms with E-state index in [-0.39, 0.29) is 23.3 Å². The van der Waals surface area contributed by atoms with E-state index in [0.717, 1.165) is 36.9 Å². The van der Waals surface area contributed by atoms with Crippen LogP contribution in [0.15, 0.2) is 114 Å². The average molecular weight is 576 g/mol. The number of amides is 2. The predicted octanol–water partition coefficient (Wildman–Crippen LogP) is 7.02. The molecule has 2 amide bonds. The van der Waals surface area contributed by atoms with Crippen molar-refractivity contribution in [1.82, 2.24) is 10.3 Å². The van der Waals surface area contributed by atoms with Gasteiger partial charge < -0.3 is 25.8 Å². The van der Waals surface area contributed by atoms with Gasteiger partial charge in [0.05, 0.1) is 11.6 Å². The lowest BCUT2D eigenvalue weighted by Gasteiger charge is -2.18. The maximum atomic E-state index is 12.7. The first-order chi connectivity index (χ1) is 21.0. The van der Waals surface area contributed by atoms with Crippen molar-refractivity contribution in [3.63, 3.8) is 0 Å². The highest BCUT2D eigenvalue weighted by molar-refractivity contribution is 5.89. The summed E-state index contributed by atoms with van der Waals surface area (Å²) in [5.74, 6) is 0.177. The predicted molar refractivity (Wildman–Crippen MR) is 172 cm³/mol. The highest BCUT2D eigenvalue weighted by Crippen LogP contribution is 2.31. The number of nitrogens with one attached hydrogen (secondary N) is 3. The van der Waals surface area contributed by atoms with E-state index in [1.54, 1.807) is 12.1 Å².